The molecule has 4 atom stereocenters. The number of hydrogen-bond acceptors (Lipinski definition) is 8. The SMILES string of the molecule is CC(=O)OC1O[C@@H](n2ccc(=O)n(COCc3ccccc3)c2=O)C(F)[C@@H]1OC(=O)c1ccccc1. The van der Waals surface area contributed by atoms with Crippen LogP contribution >= 0.6 is 0 Å². The summed E-state index contributed by atoms with van der Waals surface area (Å²) < 4.78 is 38.3. The van der Waals surface area contributed by atoms with Gasteiger partial charge in [0.2, 0.25) is 6.29 Å². The van der Waals surface area contributed by atoms with Gasteiger partial charge in [0, 0.05) is 19.2 Å². The highest BCUT2D eigenvalue weighted by Crippen LogP contribution is 2.34. The van der Waals surface area contributed by atoms with Crippen molar-refractivity contribution in [2.24, 2.45) is 0 Å². The number of aromatic nitrogens is 2. The Morgan fingerprint density at radius 3 is 2.31 bits per heavy atom. The summed E-state index contributed by atoms with van der Waals surface area (Å²) in [5.74, 6) is -1.67. The molecule has 1 saturated heterocycles. The lowest BCUT2D eigenvalue weighted by atomic mass is 10.2. The number of halogens is 1. The molecule has 0 N–H and O–H groups in total. The van der Waals surface area contributed by atoms with Crippen molar-refractivity contribution in [3.63, 3.8) is 0 Å². The predicted octanol–water partition coefficient (Wildman–Crippen LogP) is 2.17. The van der Waals surface area contributed by atoms with Crippen LogP contribution in [0.15, 0.2) is 82.5 Å². The second kappa shape index (κ2) is 11.1. The third kappa shape index (κ3) is 5.58. The topological polar surface area (TPSA) is 115 Å². The highest BCUT2D eigenvalue weighted by Gasteiger charge is 2.51. The Morgan fingerprint density at radius 2 is 1.64 bits per heavy atom. The molecule has 11 heteroatoms. The Balaban J connectivity index is 1.55. The number of nitrogens with zero attached hydrogens (tertiary/aromatic N) is 2. The van der Waals surface area contributed by atoms with Gasteiger partial charge in [0.25, 0.3) is 5.56 Å². The van der Waals surface area contributed by atoms with Gasteiger partial charge in [-0.05, 0) is 17.7 Å². The summed E-state index contributed by atoms with van der Waals surface area (Å²) in [5.41, 5.74) is -0.603. The van der Waals surface area contributed by atoms with E-state index in [1.165, 1.54) is 12.1 Å². The first kappa shape index (κ1) is 25.0. The van der Waals surface area contributed by atoms with Crippen LogP contribution in [0.4, 0.5) is 4.39 Å². The van der Waals surface area contributed by atoms with E-state index in [1.807, 2.05) is 30.3 Å². The fourth-order valence-electron chi connectivity index (χ4n) is 3.64. The number of carbonyl (C=O) groups is 2. The number of rotatable bonds is 8. The molecule has 36 heavy (non-hydrogen) atoms. The molecule has 1 fully saturated rings. The molecule has 4 rings (SSSR count). The van der Waals surface area contributed by atoms with Gasteiger partial charge in [0.1, 0.15) is 6.73 Å². The molecular formula is C25H23FN2O8. The highest BCUT2D eigenvalue weighted by atomic mass is 19.1. The first-order valence-electron chi connectivity index (χ1n) is 11.0. The third-order valence-corrected chi connectivity index (χ3v) is 5.36. The van der Waals surface area contributed by atoms with E-state index in [1.54, 1.807) is 18.2 Å². The Kier molecular flexibility index (Phi) is 7.71. The fraction of sp³-hybridized carbons (Fsp3) is 0.280. The Hall–Kier alpha value is -4.09. The van der Waals surface area contributed by atoms with Crippen molar-refractivity contribution in [2.75, 3.05) is 0 Å². The lowest BCUT2D eigenvalue weighted by Crippen LogP contribution is -2.43. The van der Waals surface area contributed by atoms with E-state index in [0.29, 0.717) is 0 Å². The van der Waals surface area contributed by atoms with E-state index >= 15 is 4.39 Å². The van der Waals surface area contributed by atoms with E-state index in [4.69, 9.17) is 18.9 Å². The summed E-state index contributed by atoms with van der Waals surface area (Å²) >= 11 is 0. The third-order valence-electron chi connectivity index (χ3n) is 5.36. The van der Waals surface area contributed by atoms with Crippen LogP contribution in [-0.2, 0) is 37.1 Å². The van der Waals surface area contributed by atoms with Gasteiger partial charge in [-0.3, -0.25) is 14.2 Å². The normalized spacial score (nSPS) is 21.2. The van der Waals surface area contributed by atoms with Gasteiger partial charge in [-0.1, -0.05) is 48.5 Å². The fourth-order valence-corrected chi connectivity index (χ4v) is 3.64. The second-order valence-electron chi connectivity index (χ2n) is 7.92. The van der Waals surface area contributed by atoms with Crippen molar-refractivity contribution in [3.05, 3.63) is 105 Å². The minimum absolute atomic E-state index is 0.138. The largest absolute Gasteiger partial charge is 0.449 e. The number of benzene rings is 2. The lowest BCUT2D eigenvalue weighted by Gasteiger charge is -2.19. The molecule has 0 spiro atoms. The standard InChI is InChI=1S/C25H23FN2O8/c1-16(29)34-24-21(35-23(31)18-10-6-3-7-11-18)20(26)22(36-24)27-13-12-19(30)28(25(27)32)15-33-14-17-8-4-2-5-9-17/h2-13,20-22,24H,14-15H2,1H3/t20?,21-,22+,24?/m0/s1. The summed E-state index contributed by atoms with van der Waals surface area (Å²) in [4.78, 5) is 49.4. The van der Waals surface area contributed by atoms with E-state index < -0.39 is 54.7 Å². The molecule has 188 valence electrons. The zero-order valence-corrected chi connectivity index (χ0v) is 19.2. The van der Waals surface area contributed by atoms with Crippen LogP contribution in [0.5, 0.6) is 0 Å². The quantitative estimate of drug-likeness (QED) is 0.434. The molecule has 0 aliphatic carbocycles. The van der Waals surface area contributed by atoms with Crippen molar-refractivity contribution in [1.29, 1.82) is 0 Å². The Bertz CT molecular complexity index is 1330. The van der Waals surface area contributed by atoms with Crippen LogP contribution in [-0.4, -0.2) is 39.6 Å². The summed E-state index contributed by atoms with van der Waals surface area (Å²) in [7, 11) is 0. The maximum atomic E-state index is 15.5. The first-order valence-corrected chi connectivity index (χ1v) is 11.0. The molecule has 1 aliphatic rings. The average Bonchev–Trinajstić information content (AvgIpc) is 3.16. The van der Waals surface area contributed by atoms with Gasteiger partial charge in [-0.25, -0.2) is 18.5 Å². The molecule has 0 bridgehead atoms. The number of ether oxygens (including phenoxy) is 4. The van der Waals surface area contributed by atoms with Gasteiger partial charge < -0.3 is 18.9 Å². The van der Waals surface area contributed by atoms with Gasteiger partial charge in [0.15, 0.2) is 18.5 Å². The molecular weight excluding hydrogens is 475 g/mol. The monoisotopic (exact) mass is 498 g/mol. The van der Waals surface area contributed by atoms with Crippen LogP contribution in [0.2, 0.25) is 0 Å². The summed E-state index contributed by atoms with van der Waals surface area (Å²) in [5, 5.41) is 0. The first-order chi connectivity index (χ1) is 17.3. The number of carbonyl (C=O) groups excluding carboxylic acids is 2. The summed E-state index contributed by atoms with van der Waals surface area (Å²) in [6.07, 6.45) is -5.96. The number of esters is 2. The molecule has 0 amide bonds. The van der Waals surface area contributed by atoms with Gasteiger partial charge in [-0.2, -0.15) is 0 Å². The van der Waals surface area contributed by atoms with Crippen LogP contribution in [0.25, 0.3) is 0 Å². The second-order valence-corrected chi connectivity index (χ2v) is 7.92. The number of hydrogen-bond donors (Lipinski definition) is 0. The highest BCUT2D eigenvalue weighted by molar-refractivity contribution is 5.89. The molecule has 0 saturated carbocycles. The lowest BCUT2D eigenvalue weighted by molar-refractivity contribution is -0.191. The maximum absolute atomic E-state index is 15.5. The van der Waals surface area contributed by atoms with Crippen molar-refractivity contribution in [2.45, 2.75) is 45.1 Å². The van der Waals surface area contributed by atoms with E-state index in [2.05, 4.69) is 0 Å². The predicted molar refractivity (Wildman–Crippen MR) is 122 cm³/mol. The molecule has 10 nitrogen and oxygen atoms in total. The molecule has 2 aromatic carbocycles. The van der Waals surface area contributed by atoms with Crippen molar-refractivity contribution >= 4 is 11.9 Å². The minimum atomic E-state index is -2.10. The molecule has 2 heterocycles. The summed E-state index contributed by atoms with van der Waals surface area (Å²) in [6, 6.07) is 18.0. The summed E-state index contributed by atoms with van der Waals surface area (Å²) in [6.45, 7) is 0.826. The van der Waals surface area contributed by atoms with Crippen LogP contribution in [0, 0.1) is 0 Å². The molecule has 2 unspecified atom stereocenters. The van der Waals surface area contributed by atoms with Crippen molar-refractivity contribution < 1.29 is 32.9 Å². The zero-order chi connectivity index (χ0) is 25.7. The van der Waals surface area contributed by atoms with Crippen molar-refractivity contribution in [3.8, 4) is 0 Å². The zero-order valence-electron chi connectivity index (χ0n) is 19.2. The van der Waals surface area contributed by atoms with E-state index in [0.717, 1.165) is 33.9 Å². The van der Waals surface area contributed by atoms with Gasteiger partial charge >= 0.3 is 17.6 Å². The van der Waals surface area contributed by atoms with Crippen molar-refractivity contribution in [1.82, 2.24) is 9.13 Å². The number of alkyl halides is 1. The molecule has 1 aromatic heterocycles. The Morgan fingerprint density at radius 1 is 0.972 bits per heavy atom. The van der Waals surface area contributed by atoms with E-state index in [-0.39, 0.29) is 12.2 Å². The van der Waals surface area contributed by atoms with E-state index in [9.17, 15) is 19.2 Å². The molecule has 3 aromatic rings. The average molecular weight is 498 g/mol. The van der Waals surface area contributed by atoms with Gasteiger partial charge in [-0.15, -0.1) is 0 Å². The smallest absolute Gasteiger partial charge is 0.338 e. The molecule has 0 radical (unpaired) electrons. The maximum Gasteiger partial charge on any atom is 0.338 e. The van der Waals surface area contributed by atoms with Gasteiger partial charge in [0.05, 0.1) is 12.2 Å². The van der Waals surface area contributed by atoms with Crippen LogP contribution < -0.4 is 11.2 Å². The van der Waals surface area contributed by atoms with Crippen LogP contribution in [0.3, 0.4) is 0 Å². The van der Waals surface area contributed by atoms with Crippen LogP contribution in [0.1, 0.15) is 29.1 Å². The Labute approximate surface area is 204 Å². The minimum Gasteiger partial charge on any atom is -0.449 e. The molecule has 1 aliphatic heterocycles.